The molecule has 266 valence electrons. The SMILES string of the molecule is CCCCCCCCCCCCCCCCCCCC(=O)OCOC(=O)N1C(N2CCN(C)CC2)=c2cc(C)sc2=Nc2ccccc21. The summed E-state index contributed by atoms with van der Waals surface area (Å²) in [5, 5.41) is 0.922. The Balaban J connectivity index is 1.14. The van der Waals surface area contributed by atoms with Crippen LogP contribution in [0.5, 0.6) is 0 Å². The number of hydrogen-bond acceptors (Lipinski definition) is 8. The summed E-state index contributed by atoms with van der Waals surface area (Å²) >= 11 is 1.62. The summed E-state index contributed by atoms with van der Waals surface area (Å²) in [7, 11) is 2.11. The molecule has 1 aromatic heterocycles. The first-order valence-electron chi connectivity index (χ1n) is 18.8. The molecule has 3 heterocycles. The van der Waals surface area contributed by atoms with Crippen molar-refractivity contribution in [3.63, 3.8) is 0 Å². The number of anilines is 1. The number of likely N-dealkylation sites (N-methyl/N-ethyl adjacent to an activating group) is 1. The first kappa shape index (κ1) is 37.9. The molecule has 0 bridgehead atoms. The number of thiophene rings is 1. The van der Waals surface area contributed by atoms with Crippen LogP contribution in [-0.2, 0) is 14.3 Å². The van der Waals surface area contributed by atoms with Crippen molar-refractivity contribution in [3.8, 4) is 0 Å². The number of piperazine rings is 1. The van der Waals surface area contributed by atoms with Gasteiger partial charge in [-0.2, -0.15) is 0 Å². The normalized spacial score (nSPS) is 14.7. The number of para-hydroxylation sites is 2. The Hall–Kier alpha value is -2.91. The smallest absolute Gasteiger partial charge is 0.423 e. The van der Waals surface area contributed by atoms with E-state index in [1.165, 1.54) is 89.9 Å². The Morgan fingerprint density at radius 3 is 1.94 bits per heavy atom. The molecule has 0 atom stereocenters. The molecule has 1 aromatic carbocycles. The summed E-state index contributed by atoms with van der Waals surface area (Å²) in [4.78, 5) is 38.5. The Labute approximate surface area is 293 Å². The van der Waals surface area contributed by atoms with Gasteiger partial charge in [-0.25, -0.2) is 14.7 Å². The fourth-order valence-corrected chi connectivity index (χ4v) is 7.51. The molecule has 9 heteroatoms. The van der Waals surface area contributed by atoms with E-state index in [9.17, 15) is 9.59 Å². The molecule has 1 amide bonds. The lowest BCUT2D eigenvalue weighted by molar-refractivity contribution is -0.151. The molecule has 0 saturated carbocycles. The standard InChI is InChI=1S/C39H60N4O4S/c1-4-5-6-7-8-9-10-11-12-13-14-15-16-17-18-19-20-25-36(44)46-31-47-39(45)43-35-24-22-21-23-34(35)40-37-33(30-32(2)48-37)38(43)42-28-26-41(3)27-29-42/h21-24,30H,4-20,25-29,31H2,1-3H3. The number of benzene rings is 1. The van der Waals surface area contributed by atoms with Gasteiger partial charge in [0.15, 0.2) is 0 Å². The molecule has 1 fully saturated rings. The number of esters is 1. The summed E-state index contributed by atoms with van der Waals surface area (Å²) in [6.45, 7) is 7.27. The number of carbonyl (C=O) groups excluding carboxylic acids is 2. The molecular weight excluding hydrogens is 621 g/mol. The quantitative estimate of drug-likeness (QED) is 0.0746. The zero-order valence-corrected chi connectivity index (χ0v) is 30.8. The number of unbranched alkanes of at least 4 members (excludes halogenated alkanes) is 16. The molecule has 2 aliphatic heterocycles. The first-order valence-corrected chi connectivity index (χ1v) is 19.6. The van der Waals surface area contributed by atoms with Crippen molar-refractivity contribution in [1.82, 2.24) is 9.80 Å². The van der Waals surface area contributed by atoms with E-state index in [-0.39, 0.29) is 5.97 Å². The highest BCUT2D eigenvalue weighted by atomic mass is 32.1. The van der Waals surface area contributed by atoms with Crippen molar-refractivity contribution < 1.29 is 19.1 Å². The van der Waals surface area contributed by atoms with E-state index < -0.39 is 12.9 Å². The number of fused-ring (bicyclic) bond motifs is 2. The molecule has 1 saturated heterocycles. The van der Waals surface area contributed by atoms with E-state index in [4.69, 9.17) is 14.5 Å². The molecule has 0 N–H and O–H groups in total. The average molecular weight is 681 g/mol. The van der Waals surface area contributed by atoms with E-state index in [2.05, 4.69) is 36.8 Å². The highest BCUT2D eigenvalue weighted by molar-refractivity contribution is 7.09. The molecular formula is C39H60N4O4S. The Bertz CT molecular complexity index is 1380. The highest BCUT2D eigenvalue weighted by Crippen LogP contribution is 2.34. The van der Waals surface area contributed by atoms with Crippen molar-refractivity contribution in [1.29, 1.82) is 0 Å². The second-order valence-corrected chi connectivity index (χ2v) is 14.8. The molecule has 4 rings (SSSR count). The number of nitrogens with zero attached hydrogens (tertiary/aromatic N) is 4. The predicted octanol–water partition coefficient (Wildman–Crippen LogP) is 8.82. The maximum Gasteiger partial charge on any atom is 0.423 e. The van der Waals surface area contributed by atoms with Gasteiger partial charge in [0.2, 0.25) is 6.79 Å². The monoisotopic (exact) mass is 680 g/mol. The fraction of sp³-hybridized carbons (Fsp3) is 0.667. The maximum absolute atomic E-state index is 13.8. The summed E-state index contributed by atoms with van der Waals surface area (Å²) in [6.07, 6.45) is 21.9. The van der Waals surface area contributed by atoms with Crippen LogP contribution in [-0.4, -0.2) is 61.9 Å². The van der Waals surface area contributed by atoms with Gasteiger partial charge in [-0.1, -0.05) is 122 Å². The minimum Gasteiger partial charge on any atom is -0.428 e. The molecule has 0 spiro atoms. The van der Waals surface area contributed by atoms with Crippen LogP contribution in [0.1, 0.15) is 127 Å². The predicted molar refractivity (Wildman–Crippen MR) is 197 cm³/mol. The van der Waals surface area contributed by atoms with Crippen molar-refractivity contribution in [2.24, 2.45) is 4.99 Å². The zero-order valence-electron chi connectivity index (χ0n) is 30.0. The molecule has 8 nitrogen and oxygen atoms in total. The van der Waals surface area contributed by atoms with Gasteiger partial charge in [0.05, 0.1) is 16.6 Å². The number of rotatable bonds is 21. The van der Waals surface area contributed by atoms with Gasteiger partial charge in [-0.3, -0.25) is 4.79 Å². The number of amides is 1. The van der Waals surface area contributed by atoms with Gasteiger partial charge in [-0.05, 0) is 38.6 Å². The third-order valence-corrected chi connectivity index (χ3v) is 10.4. The van der Waals surface area contributed by atoms with Crippen LogP contribution < -0.4 is 14.8 Å². The molecule has 2 aliphatic rings. The number of carbonyl (C=O) groups is 2. The van der Waals surface area contributed by atoms with Crippen LogP contribution in [0.3, 0.4) is 0 Å². The largest absolute Gasteiger partial charge is 0.428 e. The van der Waals surface area contributed by atoms with Gasteiger partial charge in [-0.15, -0.1) is 11.3 Å². The summed E-state index contributed by atoms with van der Waals surface area (Å²) in [6, 6.07) is 9.74. The third kappa shape index (κ3) is 12.2. The Morgan fingerprint density at radius 1 is 0.771 bits per heavy atom. The highest BCUT2D eigenvalue weighted by Gasteiger charge is 2.32. The molecule has 0 unspecified atom stereocenters. The average Bonchev–Trinajstić information content (AvgIpc) is 3.38. The van der Waals surface area contributed by atoms with E-state index >= 15 is 0 Å². The van der Waals surface area contributed by atoms with Crippen LogP contribution in [0.2, 0.25) is 0 Å². The number of hydrogen-bond donors (Lipinski definition) is 0. The summed E-state index contributed by atoms with van der Waals surface area (Å²) < 4.78 is 11.9. The fourth-order valence-electron chi connectivity index (χ4n) is 6.63. The van der Waals surface area contributed by atoms with Crippen molar-refractivity contribution in [2.75, 3.05) is 44.9 Å². The van der Waals surface area contributed by atoms with Crippen LogP contribution in [0.15, 0.2) is 35.3 Å². The zero-order chi connectivity index (χ0) is 34.0. The minimum atomic E-state index is -0.575. The lowest BCUT2D eigenvalue weighted by atomic mass is 10.0. The number of ether oxygens (including phenoxy) is 2. The van der Waals surface area contributed by atoms with Gasteiger partial charge in [0, 0.05) is 37.5 Å². The maximum atomic E-state index is 13.8. The number of aryl methyl sites for hydroxylation is 1. The van der Waals surface area contributed by atoms with E-state index in [1.807, 2.05) is 24.3 Å². The topological polar surface area (TPSA) is 74.7 Å². The van der Waals surface area contributed by atoms with E-state index in [0.29, 0.717) is 17.8 Å². The Morgan fingerprint density at radius 2 is 1.33 bits per heavy atom. The van der Waals surface area contributed by atoms with Crippen LogP contribution in [0, 0.1) is 6.92 Å². The Kier molecular flexibility index (Phi) is 16.8. The molecule has 48 heavy (non-hydrogen) atoms. The van der Waals surface area contributed by atoms with Crippen molar-refractivity contribution in [3.05, 3.63) is 45.1 Å². The van der Waals surface area contributed by atoms with Gasteiger partial charge in [0.25, 0.3) is 0 Å². The van der Waals surface area contributed by atoms with E-state index in [0.717, 1.165) is 66.0 Å². The van der Waals surface area contributed by atoms with Crippen LogP contribution in [0.4, 0.5) is 16.2 Å². The van der Waals surface area contributed by atoms with Gasteiger partial charge < -0.3 is 19.3 Å². The lowest BCUT2D eigenvalue weighted by Gasteiger charge is -2.38. The van der Waals surface area contributed by atoms with E-state index in [1.54, 1.807) is 16.2 Å². The van der Waals surface area contributed by atoms with Crippen molar-refractivity contribution >= 4 is 40.6 Å². The molecule has 0 radical (unpaired) electrons. The van der Waals surface area contributed by atoms with Crippen LogP contribution in [0.25, 0.3) is 5.82 Å². The minimum absolute atomic E-state index is 0.325. The summed E-state index contributed by atoms with van der Waals surface area (Å²) in [5.41, 5.74) is 1.37. The lowest BCUT2D eigenvalue weighted by Crippen LogP contribution is -2.51. The molecule has 0 aliphatic carbocycles. The second kappa shape index (κ2) is 21.2. The second-order valence-electron chi connectivity index (χ2n) is 13.6. The first-order chi connectivity index (χ1) is 23.5. The van der Waals surface area contributed by atoms with Crippen molar-refractivity contribution in [2.45, 2.75) is 129 Å². The van der Waals surface area contributed by atoms with Gasteiger partial charge >= 0.3 is 12.1 Å². The third-order valence-electron chi connectivity index (χ3n) is 9.51. The van der Waals surface area contributed by atoms with Crippen LogP contribution >= 0.6 is 11.3 Å². The molecule has 2 aromatic rings. The summed E-state index contributed by atoms with van der Waals surface area (Å²) in [5.74, 6) is 0.449. The van der Waals surface area contributed by atoms with Gasteiger partial charge in [0.1, 0.15) is 10.5 Å².